The molecule has 1 aliphatic heterocycles. The Morgan fingerprint density at radius 2 is 2.19 bits per heavy atom. The first kappa shape index (κ1) is 12.0. The molecule has 88 valence electrons. The number of hydrogen-bond donors (Lipinski definition) is 1. The standard InChI is InChI=1S/C13H19NOS/c1-16-13-6-4-11(5-7-13)9-14-12-3-2-8-15-10-12/h4-7,12,14H,2-3,8-10H2,1H3. The van der Waals surface area contributed by atoms with Crippen molar-refractivity contribution in [1.82, 2.24) is 5.32 Å². The number of hydrogen-bond acceptors (Lipinski definition) is 3. The molecule has 1 aromatic carbocycles. The summed E-state index contributed by atoms with van der Waals surface area (Å²) in [7, 11) is 0. The lowest BCUT2D eigenvalue weighted by Gasteiger charge is -2.23. The van der Waals surface area contributed by atoms with Crippen LogP contribution in [-0.2, 0) is 11.3 Å². The first-order chi connectivity index (χ1) is 7.88. The fourth-order valence-electron chi connectivity index (χ4n) is 1.91. The third kappa shape index (κ3) is 3.51. The minimum atomic E-state index is 0.536. The van der Waals surface area contributed by atoms with Gasteiger partial charge >= 0.3 is 0 Å². The third-order valence-corrected chi connectivity index (χ3v) is 3.66. The van der Waals surface area contributed by atoms with Crippen LogP contribution in [0.2, 0.25) is 0 Å². The van der Waals surface area contributed by atoms with E-state index in [0.717, 1.165) is 19.8 Å². The van der Waals surface area contributed by atoms with Crippen LogP contribution in [0.3, 0.4) is 0 Å². The van der Waals surface area contributed by atoms with Gasteiger partial charge in [0, 0.05) is 24.1 Å². The minimum absolute atomic E-state index is 0.536. The first-order valence-electron chi connectivity index (χ1n) is 5.82. The average Bonchev–Trinajstić information content (AvgIpc) is 2.38. The van der Waals surface area contributed by atoms with Gasteiger partial charge in [0.2, 0.25) is 0 Å². The van der Waals surface area contributed by atoms with E-state index in [1.54, 1.807) is 11.8 Å². The molecule has 0 saturated carbocycles. The van der Waals surface area contributed by atoms with E-state index in [1.165, 1.54) is 23.3 Å². The van der Waals surface area contributed by atoms with E-state index in [0.29, 0.717) is 6.04 Å². The number of thioether (sulfide) groups is 1. The lowest BCUT2D eigenvalue weighted by atomic mass is 10.1. The Labute approximate surface area is 102 Å². The van der Waals surface area contributed by atoms with E-state index in [2.05, 4.69) is 35.8 Å². The van der Waals surface area contributed by atoms with Crippen LogP contribution in [0.5, 0.6) is 0 Å². The molecule has 1 unspecified atom stereocenters. The molecule has 0 aromatic heterocycles. The Kier molecular flexibility index (Phi) is 4.69. The second-order valence-corrected chi connectivity index (χ2v) is 5.02. The van der Waals surface area contributed by atoms with Crippen molar-refractivity contribution in [2.75, 3.05) is 19.5 Å². The van der Waals surface area contributed by atoms with E-state index in [9.17, 15) is 0 Å². The SMILES string of the molecule is CSc1ccc(CNC2CCCOC2)cc1. The monoisotopic (exact) mass is 237 g/mol. The van der Waals surface area contributed by atoms with E-state index in [4.69, 9.17) is 4.74 Å². The fourth-order valence-corrected chi connectivity index (χ4v) is 2.32. The van der Waals surface area contributed by atoms with Crippen LogP contribution in [-0.4, -0.2) is 25.5 Å². The summed E-state index contributed by atoms with van der Waals surface area (Å²) in [6.45, 7) is 2.74. The molecule has 2 nitrogen and oxygen atoms in total. The van der Waals surface area contributed by atoms with Gasteiger partial charge < -0.3 is 10.1 Å². The maximum Gasteiger partial charge on any atom is 0.0619 e. The highest BCUT2D eigenvalue weighted by molar-refractivity contribution is 7.98. The van der Waals surface area contributed by atoms with Gasteiger partial charge in [-0.3, -0.25) is 0 Å². The summed E-state index contributed by atoms with van der Waals surface area (Å²) >= 11 is 1.78. The van der Waals surface area contributed by atoms with Crippen molar-refractivity contribution in [3.8, 4) is 0 Å². The van der Waals surface area contributed by atoms with Crippen molar-refractivity contribution >= 4 is 11.8 Å². The number of ether oxygens (including phenoxy) is 1. The van der Waals surface area contributed by atoms with Crippen LogP contribution in [0.15, 0.2) is 29.2 Å². The molecule has 0 amide bonds. The van der Waals surface area contributed by atoms with Gasteiger partial charge in [0.25, 0.3) is 0 Å². The molecular weight excluding hydrogens is 218 g/mol. The van der Waals surface area contributed by atoms with E-state index >= 15 is 0 Å². The molecular formula is C13H19NOS. The lowest BCUT2D eigenvalue weighted by Crippen LogP contribution is -2.36. The van der Waals surface area contributed by atoms with Gasteiger partial charge in [-0.05, 0) is 36.8 Å². The molecule has 2 rings (SSSR count). The Morgan fingerprint density at radius 3 is 2.81 bits per heavy atom. The zero-order valence-electron chi connectivity index (χ0n) is 9.74. The smallest absolute Gasteiger partial charge is 0.0619 e. The summed E-state index contributed by atoms with van der Waals surface area (Å²) in [5.41, 5.74) is 1.35. The summed E-state index contributed by atoms with van der Waals surface area (Å²) in [5.74, 6) is 0. The second-order valence-electron chi connectivity index (χ2n) is 4.14. The Bertz CT molecular complexity index is 306. The molecule has 1 heterocycles. The molecule has 3 heteroatoms. The molecule has 1 N–H and O–H groups in total. The molecule has 0 radical (unpaired) electrons. The zero-order valence-corrected chi connectivity index (χ0v) is 10.6. The first-order valence-corrected chi connectivity index (χ1v) is 7.05. The van der Waals surface area contributed by atoms with Gasteiger partial charge in [-0.15, -0.1) is 11.8 Å². The van der Waals surface area contributed by atoms with Crippen molar-refractivity contribution in [3.05, 3.63) is 29.8 Å². The van der Waals surface area contributed by atoms with Crippen molar-refractivity contribution < 1.29 is 4.74 Å². The van der Waals surface area contributed by atoms with Crippen LogP contribution < -0.4 is 5.32 Å². The van der Waals surface area contributed by atoms with Crippen LogP contribution >= 0.6 is 11.8 Å². The van der Waals surface area contributed by atoms with E-state index < -0.39 is 0 Å². The van der Waals surface area contributed by atoms with Crippen molar-refractivity contribution in [3.63, 3.8) is 0 Å². The number of nitrogens with one attached hydrogen (secondary N) is 1. The fraction of sp³-hybridized carbons (Fsp3) is 0.538. The van der Waals surface area contributed by atoms with Gasteiger partial charge in [-0.2, -0.15) is 0 Å². The van der Waals surface area contributed by atoms with Crippen LogP contribution in [0.4, 0.5) is 0 Å². The quantitative estimate of drug-likeness (QED) is 0.814. The molecule has 1 atom stereocenters. The van der Waals surface area contributed by atoms with E-state index in [1.807, 2.05) is 0 Å². The zero-order chi connectivity index (χ0) is 11.2. The largest absolute Gasteiger partial charge is 0.380 e. The highest BCUT2D eigenvalue weighted by Crippen LogP contribution is 2.15. The molecule has 1 saturated heterocycles. The maximum atomic E-state index is 5.44. The van der Waals surface area contributed by atoms with Gasteiger partial charge in [-0.25, -0.2) is 0 Å². The van der Waals surface area contributed by atoms with E-state index in [-0.39, 0.29) is 0 Å². The topological polar surface area (TPSA) is 21.3 Å². The predicted molar refractivity (Wildman–Crippen MR) is 68.9 cm³/mol. The lowest BCUT2D eigenvalue weighted by molar-refractivity contribution is 0.0699. The van der Waals surface area contributed by atoms with Gasteiger partial charge in [-0.1, -0.05) is 12.1 Å². The molecule has 0 bridgehead atoms. The molecule has 1 aromatic rings. The summed E-state index contributed by atoms with van der Waals surface area (Å²) < 4.78 is 5.44. The van der Waals surface area contributed by atoms with Crippen molar-refractivity contribution in [2.24, 2.45) is 0 Å². The highest BCUT2D eigenvalue weighted by atomic mass is 32.2. The van der Waals surface area contributed by atoms with Crippen LogP contribution in [0.25, 0.3) is 0 Å². The predicted octanol–water partition coefficient (Wildman–Crippen LogP) is 2.68. The minimum Gasteiger partial charge on any atom is -0.380 e. The van der Waals surface area contributed by atoms with Crippen molar-refractivity contribution in [2.45, 2.75) is 30.3 Å². The Morgan fingerprint density at radius 1 is 1.38 bits per heavy atom. The summed E-state index contributed by atoms with van der Waals surface area (Å²) in [4.78, 5) is 1.32. The van der Waals surface area contributed by atoms with Gasteiger partial charge in [0.1, 0.15) is 0 Å². The highest BCUT2D eigenvalue weighted by Gasteiger charge is 2.12. The van der Waals surface area contributed by atoms with Crippen LogP contribution in [0, 0.1) is 0 Å². The summed E-state index contributed by atoms with van der Waals surface area (Å²) in [6.07, 6.45) is 4.53. The second kappa shape index (κ2) is 6.28. The van der Waals surface area contributed by atoms with Crippen LogP contribution in [0.1, 0.15) is 18.4 Å². The number of benzene rings is 1. The Hall–Kier alpha value is -0.510. The average molecular weight is 237 g/mol. The maximum absolute atomic E-state index is 5.44. The summed E-state index contributed by atoms with van der Waals surface area (Å²) in [5, 5.41) is 3.54. The molecule has 0 spiro atoms. The molecule has 1 aliphatic rings. The van der Waals surface area contributed by atoms with Crippen molar-refractivity contribution in [1.29, 1.82) is 0 Å². The molecule has 0 aliphatic carbocycles. The summed E-state index contributed by atoms with van der Waals surface area (Å²) in [6, 6.07) is 9.29. The molecule has 1 fully saturated rings. The van der Waals surface area contributed by atoms with Gasteiger partial charge in [0.05, 0.1) is 6.61 Å². The van der Waals surface area contributed by atoms with Gasteiger partial charge in [0.15, 0.2) is 0 Å². The number of rotatable bonds is 4. The normalized spacial score (nSPS) is 20.9. The Balaban J connectivity index is 1.79. The third-order valence-electron chi connectivity index (χ3n) is 2.91. The molecule has 16 heavy (non-hydrogen) atoms.